The van der Waals surface area contributed by atoms with Gasteiger partial charge in [-0.15, -0.1) is 16.4 Å². The molecule has 1 N–H and O–H groups in total. The first-order chi connectivity index (χ1) is 16.1. The van der Waals surface area contributed by atoms with E-state index in [-0.39, 0.29) is 11.6 Å². The first-order valence-electron chi connectivity index (χ1n) is 10.2. The molecule has 0 bridgehead atoms. The fraction of sp³-hybridized carbons (Fsp3) is 0.0833. The fourth-order valence-corrected chi connectivity index (χ4v) is 4.24. The molecular formula is C24H19N5O3S. The van der Waals surface area contributed by atoms with Gasteiger partial charge in [0.15, 0.2) is 5.65 Å². The Morgan fingerprint density at radius 3 is 2.73 bits per heavy atom. The average molecular weight is 458 g/mol. The van der Waals surface area contributed by atoms with Crippen LogP contribution in [-0.2, 0) is 6.54 Å². The summed E-state index contributed by atoms with van der Waals surface area (Å²) < 4.78 is 8.07. The normalized spacial score (nSPS) is 10.9. The molecule has 2 aromatic carbocycles. The summed E-state index contributed by atoms with van der Waals surface area (Å²) in [4.78, 5) is 29.7. The van der Waals surface area contributed by atoms with Crippen LogP contribution in [-0.4, -0.2) is 32.2 Å². The highest BCUT2D eigenvalue weighted by molar-refractivity contribution is 7.13. The predicted molar refractivity (Wildman–Crippen MR) is 127 cm³/mol. The summed E-state index contributed by atoms with van der Waals surface area (Å²) in [5.74, 6) is 0.465. The number of anilines is 1. The van der Waals surface area contributed by atoms with Crippen molar-refractivity contribution in [3.8, 4) is 16.3 Å². The van der Waals surface area contributed by atoms with Gasteiger partial charge < -0.3 is 10.1 Å². The molecule has 0 unspecified atom stereocenters. The van der Waals surface area contributed by atoms with E-state index in [4.69, 9.17) is 4.74 Å². The van der Waals surface area contributed by atoms with Crippen LogP contribution in [0.25, 0.3) is 16.2 Å². The minimum Gasteiger partial charge on any atom is -0.497 e. The highest BCUT2D eigenvalue weighted by Gasteiger charge is 2.13. The molecule has 164 valence electrons. The molecule has 5 aromatic rings. The lowest BCUT2D eigenvalue weighted by atomic mass is 10.2. The molecule has 0 radical (unpaired) electrons. The van der Waals surface area contributed by atoms with E-state index in [1.54, 1.807) is 36.9 Å². The monoisotopic (exact) mass is 457 g/mol. The van der Waals surface area contributed by atoms with Crippen molar-refractivity contribution in [2.75, 3.05) is 12.4 Å². The Hall–Kier alpha value is -4.24. The maximum Gasteiger partial charge on any atom is 0.350 e. The number of fused-ring (bicyclic) bond motifs is 1. The van der Waals surface area contributed by atoms with E-state index >= 15 is 0 Å². The molecule has 0 saturated carbocycles. The van der Waals surface area contributed by atoms with Crippen molar-refractivity contribution in [2.45, 2.75) is 6.54 Å². The summed E-state index contributed by atoms with van der Waals surface area (Å²) in [5, 5.41) is 9.72. The van der Waals surface area contributed by atoms with Crippen molar-refractivity contribution in [3.63, 3.8) is 0 Å². The Kier molecular flexibility index (Phi) is 5.45. The Labute approximate surface area is 192 Å². The molecule has 5 rings (SSSR count). The summed E-state index contributed by atoms with van der Waals surface area (Å²) in [6, 6.07) is 20.3. The third-order valence-electron chi connectivity index (χ3n) is 5.08. The minimum atomic E-state index is -0.298. The molecule has 9 heteroatoms. The van der Waals surface area contributed by atoms with Crippen LogP contribution in [0, 0.1) is 0 Å². The van der Waals surface area contributed by atoms with Crippen molar-refractivity contribution < 1.29 is 9.53 Å². The number of rotatable bonds is 6. The SMILES string of the molecule is COc1ccc(-c2nc(C(=O)Nc3cccc(Cn4nc5ccccn5c4=O)c3)cs2)cc1. The third-order valence-corrected chi connectivity index (χ3v) is 5.97. The number of methoxy groups -OCH3 is 1. The molecule has 0 fully saturated rings. The second-order valence-corrected chi connectivity index (χ2v) is 8.15. The van der Waals surface area contributed by atoms with Crippen LogP contribution in [0.15, 0.2) is 83.1 Å². The van der Waals surface area contributed by atoms with Crippen LogP contribution in [0.3, 0.4) is 0 Å². The number of benzene rings is 2. The quantitative estimate of drug-likeness (QED) is 0.417. The molecular weight excluding hydrogens is 438 g/mol. The number of pyridine rings is 1. The molecule has 1 amide bonds. The van der Waals surface area contributed by atoms with E-state index in [1.807, 2.05) is 48.5 Å². The van der Waals surface area contributed by atoms with Crippen molar-refractivity contribution in [2.24, 2.45) is 0 Å². The molecule has 0 saturated heterocycles. The number of ether oxygens (including phenoxy) is 1. The first kappa shape index (κ1) is 20.7. The van der Waals surface area contributed by atoms with Crippen LogP contribution >= 0.6 is 11.3 Å². The third kappa shape index (κ3) is 4.26. The maximum atomic E-state index is 12.7. The molecule has 33 heavy (non-hydrogen) atoms. The number of aromatic nitrogens is 4. The lowest BCUT2D eigenvalue weighted by Crippen LogP contribution is -2.21. The van der Waals surface area contributed by atoms with Crippen LogP contribution in [0.1, 0.15) is 16.1 Å². The van der Waals surface area contributed by atoms with Crippen molar-refractivity contribution in [1.82, 2.24) is 19.2 Å². The molecule has 3 aromatic heterocycles. The molecule has 0 spiro atoms. The van der Waals surface area contributed by atoms with Gasteiger partial charge in [0.2, 0.25) is 0 Å². The molecule has 0 aliphatic heterocycles. The number of hydrogen-bond donors (Lipinski definition) is 1. The zero-order valence-corrected chi connectivity index (χ0v) is 18.5. The smallest absolute Gasteiger partial charge is 0.350 e. The first-order valence-corrected chi connectivity index (χ1v) is 11.0. The van der Waals surface area contributed by atoms with Gasteiger partial charge in [0.05, 0.1) is 13.7 Å². The second kappa shape index (κ2) is 8.71. The largest absolute Gasteiger partial charge is 0.497 e. The lowest BCUT2D eigenvalue weighted by molar-refractivity contribution is 0.102. The number of carbonyl (C=O) groups excluding carboxylic acids is 1. The van der Waals surface area contributed by atoms with E-state index < -0.39 is 0 Å². The van der Waals surface area contributed by atoms with Gasteiger partial charge in [-0.3, -0.25) is 9.20 Å². The van der Waals surface area contributed by atoms with E-state index in [9.17, 15) is 9.59 Å². The number of nitrogens with one attached hydrogen (secondary N) is 1. The minimum absolute atomic E-state index is 0.214. The van der Waals surface area contributed by atoms with E-state index in [2.05, 4.69) is 15.4 Å². The zero-order chi connectivity index (χ0) is 22.8. The van der Waals surface area contributed by atoms with Gasteiger partial charge in [-0.05, 0) is 54.1 Å². The average Bonchev–Trinajstić information content (AvgIpc) is 3.45. The topological polar surface area (TPSA) is 90.5 Å². The van der Waals surface area contributed by atoms with Gasteiger partial charge in [-0.1, -0.05) is 18.2 Å². The second-order valence-electron chi connectivity index (χ2n) is 7.29. The Morgan fingerprint density at radius 2 is 1.94 bits per heavy atom. The van der Waals surface area contributed by atoms with Crippen LogP contribution in [0.4, 0.5) is 5.69 Å². The molecule has 3 heterocycles. The molecule has 8 nitrogen and oxygen atoms in total. The molecule has 0 aliphatic carbocycles. The lowest BCUT2D eigenvalue weighted by Gasteiger charge is -2.06. The van der Waals surface area contributed by atoms with Gasteiger partial charge in [-0.2, -0.15) is 0 Å². The molecule has 0 aliphatic rings. The zero-order valence-electron chi connectivity index (χ0n) is 17.6. The Balaban J connectivity index is 1.31. The number of thiazole rings is 1. The standard InChI is InChI=1S/C24H19N5O3S/c1-32-19-10-8-17(9-11-19)23-26-20(15-33-23)22(30)25-18-6-4-5-16(13-18)14-29-24(31)28-12-3-2-7-21(28)27-29/h2-13,15H,14H2,1H3,(H,25,30). The predicted octanol–water partition coefficient (Wildman–Crippen LogP) is 3.93. The summed E-state index contributed by atoms with van der Waals surface area (Å²) in [5.41, 5.74) is 3.09. The van der Waals surface area contributed by atoms with Crippen molar-refractivity contribution in [3.05, 3.63) is 100 Å². The van der Waals surface area contributed by atoms with Crippen LogP contribution in [0.5, 0.6) is 5.75 Å². The highest BCUT2D eigenvalue weighted by atomic mass is 32.1. The van der Waals surface area contributed by atoms with Gasteiger partial charge >= 0.3 is 5.69 Å². The number of amides is 1. The summed E-state index contributed by atoms with van der Waals surface area (Å²) in [7, 11) is 1.62. The van der Waals surface area contributed by atoms with Gasteiger partial charge in [0.25, 0.3) is 5.91 Å². The summed E-state index contributed by atoms with van der Waals surface area (Å²) >= 11 is 1.40. The summed E-state index contributed by atoms with van der Waals surface area (Å²) in [6.07, 6.45) is 1.69. The number of nitrogens with zero attached hydrogens (tertiary/aromatic N) is 4. The molecule has 0 atom stereocenters. The van der Waals surface area contributed by atoms with Crippen LogP contribution in [0.2, 0.25) is 0 Å². The summed E-state index contributed by atoms with van der Waals surface area (Å²) in [6.45, 7) is 0.294. The number of carbonyl (C=O) groups is 1. The number of hydrogen-bond acceptors (Lipinski definition) is 6. The van der Waals surface area contributed by atoms with E-state index in [1.165, 1.54) is 20.4 Å². The van der Waals surface area contributed by atoms with Crippen molar-refractivity contribution in [1.29, 1.82) is 0 Å². The van der Waals surface area contributed by atoms with Gasteiger partial charge in [-0.25, -0.2) is 14.5 Å². The van der Waals surface area contributed by atoms with E-state index in [0.717, 1.165) is 21.9 Å². The Bertz CT molecular complexity index is 1500. The van der Waals surface area contributed by atoms with E-state index in [0.29, 0.717) is 23.6 Å². The van der Waals surface area contributed by atoms with Gasteiger partial charge in [0.1, 0.15) is 16.5 Å². The van der Waals surface area contributed by atoms with Crippen LogP contribution < -0.4 is 15.7 Å². The fourth-order valence-electron chi connectivity index (χ4n) is 3.43. The Morgan fingerprint density at radius 1 is 1.09 bits per heavy atom. The maximum absolute atomic E-state index is 12.7. The highest BCUT2D eigenvalue weighted by Crippen LogP contribution is 2.26. The van der Waals surface area contributed by atoms with Gasteiger partial charge in [0, 0.05) is 22.8 Å². The van der Waals surface area contributed by atoms with Crippen molar-refractivity contribution >= 4 is 28.6 Å².